The summed E-state index contributed by atoms with van der Waals surface area (Å²) >= 11 is 1.39. The smallest absolute Gasteiger partial charge is 0.387 e. The van der Waals surface area contributed by atoms with Gasteiger partial charge in [-0.05, 0) is 18.2 Å². The van der Waals surface area contributed by atoms with Crippen LogP contribution in [0.25, 0.3) is 11.4 Å². The fourth-order valence-corrected chi connectivity index (χ4v) is 3.63. The van der Waals surface area contributed by atoms with Crippen LogP contribution < -0.4 is 9.47 Å². The molecule has 0 bridgehead atoms. The first-order valence-corrected chi connectivity index (χ1v) is 9.45. The summed E-state index contributed by atoms with van der Waals surface area (Å²) in [5.74, 6) is 1.90. The zero-order valence-electron chi connectivity index (χ0n) is 15.2. The molecule has 0 amide bonds. The molecular weight excluding hydrogens is 384 g/mol. The third-order valence-electron chi connectivity index (χ3n) is 3.92. The van der Waals surface area contributed by atoms with E-state index in [9.17, 15) is 8.78 Å². The van der Waals surface area contributed by atoms with Crippen LogP contribution >= 0.6 is 11.8 Å². The molecule has 3 aromatic rings. The predicted octanol–water partition coefficient (Wildman–Crippen LogP) is 5.03. The third-order valence-corrected chi connectivity index (χ3v) is 4.94. The molecule has 0 N–H and O–H groups in total. The van der Waals surface area contributed by atoms with Crippen LogP contribution in [0.3, 0.4) is 0 Å². The van der Waals surface area contributed by atoms with Crippen molar-refractivity contribution >= 4 is 11.8 Å². The molecule has 5 nitrogen and oxygen atoms in total. The van der Waals surface area contributed by atoms with E-state index in [1.54, 1.807) is 31.4 Å². The number of aromatic nitrogens is 3. The lowest BCUT2D eigenvalue weighted by atomic mass is 10.2. The maximum absolute atomic E-state index is 12.6. The summed E-state index contributed by atoms with van der Waals surface area (Å²) in [6, 6.07) is 14.3. The van der Waals surface area contributed by atoms with E-state index in [1.807, 2.05) is 28.8 Å². The Kier molecular flexibility index (Phi) is 6.65. The summed E-state index contributed by atoms with van der Waals surface area (Å²) in [7, 11) is 1.60. The highest BCUT2D eigenvalue weighted by Gasteiger charge is 2.17. The number of allylic oxidation sites excluding steroid dienone is 1. The lowest BCUT2D eigenvalue weighted by Crippen LogP contribution is -2.04. The van der Waals surface area contributed by atoms with Gasteiger partial charge in [0.05, 0.1) is 12.7 Å². The minimum atomic E-state index is -2.87. The van der Waals surface area contributed by atoms with E-state index in [4.69, 9.17) is 4.74 Å². The number of ether oxygens (including phenoxy) is 2. The summed E-state index contributed by atoms with van der Waals surface area (Å²) < 4.78 is 37.2. The minimum Gasteiger partial charge on any atom is -0.496 e. The van der Waals surface area contributed by atoms with Gasteiger partial charge in [-0.3, -0.25) is 4.57 Å². The zero-order valence-corrected chi connectivity index (χ0v) is 16.0. The molecule has 0 atom stereocenters. The third kappa shape index (κ3) is 4.51. The molecule has 0 radical (unpaired) electrons. The first kappa shape index (κ1) is 19.9. The summed E-state index contributed by atoms with van der Waals surface area (Å²) in [5, 5.41) is 9.23. The number of halogens is 2. The number of para-hydroxylation sites is 2. The van der Waals surface area contributed by atoms with Crippen LogP contribution in [-0.2, 0) is 12.3 Å². The van der Waals surface area contributed by atoms with E-state index < -0.39 is 6.61 Å². The Morgan fingerprint density at radius 2 is 1.82 bits per heavy atom. The van der Waals surface area contributed by atoms with Gasteiger partial charge in [0.15, 0.2) is 11.0 Å². The van der Waals surface area contributed by atoms with E-state index >= 15 is 0 Å². The number of methoxy groups -OCH3 is 1. The standard InChI is InChI=1S/C20H19F2N3O2S/c1-3-12-25-18(15-9-5-7-11-17(15)26-2)23-24-20(25)28-13-14-8-4-6-10-16(14)27-19(21)22/h3-11,19H,1,12-13H2,2H3. The van der Waals surface area contributed by atoms with Crippen molar-refractivity contribution in [3.8, 4) is 22.9 Å². The van der Waals surface area contributed by atoms with Gasteiger partial charge >= 0.3 is 6.61 Å². The average molecular weight is 403 g/mol. The van der Waals surface area contributed by atoms with Crippen molar-refractivity contribution in [2.24, 2.45) is 0 Å². The van der Waals surface area contributed by atoms with Crippen molar-refractivity contribution in [1.29, 1.82) is 0 Å². The van der Waals surface area contributed by atoms with Crippen molar-refractivity contribution in [1.82, 2.24) is 14.8 Å². The molecule has 0 aliphatic carbocycles. The lowest BCUT2D eigenvalue weighted by Gasteiger charge is -2.12. The van der Waals surface area contributed by atoms with E-state index in [1.165, 1.54) is 17.8 Å². The van der Waals surface area contributed by atoms with Gasteiger partial charge in [-0.1, -0.05) is 48.2 Å². The number of nitrogens with zero attached hydrogens (tertiary/aromatic N) is 3. The van der Waals surface area contributed by atoms with Crippen LogP contribution in [0.15, 0.2) is 66.3 Å². The van der Waals surface area contributed by atoms with Crippen molar-refractivity contribution in [2.45, 2.75) is 24.1 Å². The van der Waals surface area contributed by atoms with Crippen molar-refractivity contribution in [2.75, 3.05) is 7.11 Å². The molecule has 2 aromatic carbocycles. The summed E-state index contributed by atoms with van der Waals surface area (Å²) in [6.45, 7) is 1.43. The molecule has 0 fully saturated rings. The Balaban J connectivity index is 1.88. The molecular formula is C20H19F2N3O2S. The molecule has 0 saturated heterocycles. The van der Waals surface area contributed by atoms with E-state index in [0.717, 1.165) is 5.56 Å². The molecule has 0 spiro atoms. The van der Waals surface area contributed by atoms with Crippen LogP contribution in [-0.4, -0.2) is 28.5 Å². The number of hydrogen-bond acceptors (Lipinski definition) is 5. The maximum Gasteiger partial charge on any atom is 0.387 e. The molecule has 1 heterocycles. The highest BCUT2D eigenvalue weighted by molar-refractivity contribution is 7.98. The zero-order chi connectivity index (χ0) is 19.9. The van der Waals surface area contributed by atoms with Gasteiger partial charge in [0.1, 0.15) is 11.5 Å². The SMILES string of the molecule is C=CCn1c(SCc2ccccc2OC(F)F)nnc1-c1ccccc1OC. The number of alkyl halides is 2. The van der Waals surface area contributed by atoms with E-state index in [-0.39, 0.29) is 5.75 Å². The van der Waals surface area contributed by atoms with Crippen LogP contribution in [0, 0.1) is 0 Å². The van der Waals surface area contributed by atoms with Gasteiger partial charge in [-0.15, -0.1) is 16.8 Å². The van der Waals surface area contributed by atoms with Gasteiger partial charge < -0.3 is 9.47 Å². The molecule has 0 saturated carbocycles. The quantitative estimate of drug-likeness (QED) is 0.370. The second-order valence-corrected chi connectivity index (χ2v) is 6.62. The average Bonchev–Trinajstić information content (AvgIpc) is 3.09. The molecule has 0 unspecified atom stereocenters. The normalized spacial score (nSPS) is 10.9. The molecule has 8 heteroatoms. The Hall–Kier alpha value is -2.87. The van der Waals surface area contributed by atoms with Gasteiger partial charge in [-0.2, -0.15) is 8.78 Å². The Labute approximate surface area is 166 Å². The molecule has 1 aromatic heterocycles. The van der Waals surface area contributed by atoms with Crippen molar-refractivity contribution < 1.29 is 18.3 Å². The second-order valence-electron chi connectivity index (χ2n) is 5.68. The van der Waals surface area contributed by atoms with Crippen LogP contribution in [0.4, 0.5) is 8.78 Å². The Bertz CT molecular complexity index is 947. The van der Waals surface area contributed by atoms with Gasteiger partial charge in [0.2, 0.25) is 0 Å². The first-order valence-electron chi connectivity index (χ1n) is 8.47. The second kappa shape index (κ2) is 9.36. The molecule has 3 rings (SSSR count). The fourth-order valence-electron chi connectivity index (χ4n) is 2.69. The monoisotopic (exact) mass is 403 g/mol. The number of hydrogen-bond donors (Lipinski definition) is 0. The maximum atomic E-state index is 12.6. The van der Waals surface area contributed by atoms with Crippen LogP contribution in [0.5, 0.6) is 11.5 Å². The van der Waals surface area contributed by atoms with Gasteiger partial charge in [-0.25, -0.2) is 0 Å². The summed E-state index contributed by atoms with van der Waals surface area (Å²) in [6.07, 6.45) is 1.75. The van der Waals surface area contributed by atoms with E-state index in [0.29, 0.717) is 34.6 Å². The molecule has 0 aliphatic rings. The van der Waals surface area contributed by atoms with E-state index in [2.05, 4.69) is 21.5 Å². The minimum absolute atomic E-state index is 0.157. The number of rotatable bonds is 9. The summed E-state index contributed by atoms with van der Waals surface area (Å²) in [5.41, 5.74) is 1.47. The summed E-state index contributed by atoms with van der Waals surface area (Å²) in [4.78, 5) is 0. The van der Waals surface area contributed by atoms with Crippen LogP contribution in [0.2, 0.25) is 0 Å². The topological polar surface area (TPSA) is 49.2 Å². The van der Waals surface area contributed by atoms with Gasteiger partial charge in [0.25, 0.3) is 0 Å². The number of benzene rings is 2. The highest BCUT2D eigenvalue weighted by Crippen LogP contribution is 2.33. The molecule has 146 valence electrons. The Morgan fingerprint density at radius 1 is 1.11 bits per heavy atom. The van der Waals surface area contributed by atoms with Gasteiger partial charge in [0, 0.05) is 17.9 Å². The first-order chi connectivity index (χ1) is 13.6. The number of thioether (sulfide) groups is 1. The van der Waals surface area contributed by atoms with Crippen molar-refractivity contribution in [3.05, 3.63) is 66.7 Å². The predicted molar refractivity (Wildman–Crippen MR) is 105 cm³/mol. The largest absolute Gasteiger partial charge is 0.496 e. The molecule has 28 heavy (non-hydrogen) atoms. The van der Waals surface area contributed by atoms with Crippen LogP contribution in [0.1, 0.15) is 5.56 Å². The molecule has 0 aliphatic heterocycles. The lowest BCUT2D eigenvalue weighted by molar-refractivity contribution is -0.0503. The highest BCUT2D eigenvalue weighted by atomic mass is 32.2. The Morgan fingerprint density at radius 3 is 2.54 bits per heavy atom. The fraction of sp³-hybridized carbons (Fsp3) is 0.200. The van der Waals surface area contributed by atoms with Crippen molar-refractivity contribution in [3.63, 3.8) is 0 Å².